The average molecular weight is 192 g/mol. The number of aromatic nitrogens is 1. The van der Waals surface area contributed by atoms with Gasteiger partial charge in [0.1, 0.15) is 6.42 Å². The molecule has 0 bridgehead atoms. The van der Waals surface area contributed by atoms with E-state index in [0.717, 1.165) is 4.68 Å². The molecule has 0 saturated carbocycles. The highest BCUT2D eigenvalue weighted by Gasteiger charge is 2.31. The molecule has 0 fully saturated rings. The van der Waals surface area contributed by atoms with E-state index in [-0.39, 0.29) is 0 Å². The Balaban J connectivity index is 2.43. The smallest absolute Gasteiger partial charge is 0.273 e. The van der Waals surface area contributed by atoms with Crippen LogP contribution in [0.1, 0.15) is 6.42 Å². The Hall–Kier alpha value is -1.46. The first-order valence-electron chi connectivity index (χ1n) is 3.47. The fourth-order valence-corrected chi connectivity index (χ4v) is 0.775. The molecule has 13 heavy (non-hydrogen) atoms. The van der Waals surface area contributed by atoms with Crippen molar-refractivity contribution in [3.8, 4) is 0 Å². The van der Waals surface area contributed by atoms with Crippen LogP contribution < -0.4 is 5.43 Å². The van der Waals surface area contributed by atoms with Crippen LogP contribution in [0.5, 0.6) is 0 Å². The Morgan fingerprint density at radius 2 is 1.85 bits per heavy atom. The zero-order chi connectivity index (χ0) is 9.90. The van der Waals surface area contributed by atoms with Gasteiger partial charge in [-0.05, 0) is 12.1 Å². The highest BCUT2D eigenvalue weighted by molar-refractivity contribution is 5.84. The lowest BCUT2D eigenvalue weighted by atomic mass is 10.4. The van der Waals surface area contributed by atoms with E-state index in [0.29, 0.717) is 0 Å². The zero-order valence-electron chi connectivity index (χ0n) is 6.51. The van der Waals surface area contributed by atoms with Crippen molar-refractivity contribution in [3.63, 3.8) is 0 Å². The average Bonchev–Trinajstić information content (AvgIpc) is 2.34. The third-order valence-electron chi connectivity index (χ3n) is 1.22. The second kappa shape index (κ2) is 3.51. The summed E-state index contributed by atoms with van der Waals surface area (Å²) >= 11 is 0. The lowest BCUT2D eigenvalue weighted by Crippen LogP contribution is -2.26. The molecule has 0 spiro atoms. The Morgan fingerprint density at radius 3 is 2.31 bits per heavy atom. The van der Waals surface area contributed by atoms with Crippen LogP contribution in [0.3, 0.4) is 0 Å². The molecule has 0 aliphatic heterocycles. The van der Waals surface area contributed by atoms with Crippen molar-refractivity contribution >= 4 is 5.91 Å². The van der Waals surface area contributed by atoms with Gasteiger partial charge in [-0.1, -0.05) is 0 Å². The van der Waals surface area contributed by atoms with Crippen LogP contribution in [0.15, 0.2) is 24.5 Å². The van der Waals surface area contributed by atoms with Gasteiger partial charge in [0.2, 0.25) is 5.91 Å². The van der Waals surface area contributed by atoms with Crippen LogP contribution >= 0.6 is 0 Å². The molecule has 1 amide bonds. The van der Waals surface area contributed by atoms with E-state index in [1.54, 1.807) is 12.1 Å². The molecule has 0 aliphatic rings. The van der Waals surface area contributed by atoms with E-state index in [2.05, 4.69) is 0 Å². The molecule has 0 aliphatic carbocycles. The van der Waals surface area contributed by atoms with Crippen molar-refractivity contribution in [2.75, 3.05) is 5.43 Å². The summed E-state index contributed by atoms with van der Waals surface area (Å²) in [5.74, 6) is -1.08. The standard InChI is InChI=1S/C7H7F3N2O/c8-7(9,10)5-6(13)11-12-3-1-2-4-12/h1-4H,5H2,(H,11,13). The number of rotatable bonds is 2. The van der Waals surface area contributed by atoms with Gasteiger partial charge in [-0.2, -0.15) is 13.2 Å². The molecule has 0 atom stereocenters. The predicted octanol–water partition coefficient (Wildman–Crippen LogP) is 1.51. The van der Waals surface area contributed by atoms with Crippen LogP contribution in [-0.4, -0.2) is 16.8 Å². The van der Waals surface area contributed by atoms with Crippen LogP contribution in [0, 0.1) is 0 Å². The summed E-state index contributed by atoms with van der Waals surface area (Å²) in [7, 11) is 0. The van der Waals surface area contributed by atoms with Crippen LogP contribution in [0.2, 0.25) is 0 Å². The number of halogens is 3. The van der Waals surface area contributed by atoms with Crippen LogP contribution in [-0.2, 0) is 4.79 Å². The maximum absolute atomic E-state index is 11.7. The molecule has 1 N–H and O–H groups in total. The Kier molecular flexibility index (Phi) is 2.60. The van der Waals surface area contributed by atoms with Crippen molar-refractivity contribution in [2.24, 2.45) is 0 Å². The van der Waals surface area contributed by atoms with Crippen molar-refractivity contribution in [1.82, 2.24) is 4.68 Å². The number of amides is 1. The first kappa shape index (κ1) is 9.63. The molecule has 0 radical (unpaired) electrons. The SMILES string of the molecule is O=C(CC(F)(F)F)Nn1cccc1. The van der Waals surface area contributed by atoms with Crippen molar-refractivity contribution in [1.29, 1.82) is 0 Å². The fraction of sp³-hybridized carbons (Fsp3) is 0.286. The van der Waals surface area contributed by atoms with Gasteiger partial charge in [-0.25, -0.2) is 0 Å². The molecular weight excluding hydrogens is 185 g/mol. The van der Waals surface area contributed by atoms with Crippen molar-refractivity contribution in [2.45, 2.75) is 12.6 Å². The lowest BCUT2D eigenvalue weighted by molar-refractivity contribution is -0.150. The minimum absolute atomic E-state index is 1.08. The van der Waals surface area contributed by atoms with Crippen molar-refractivity contribution < 1.29 is 18.0 Å². The Morgan fingerprint density at radius 1 is 1.31 bits per heavy atom. The third-order valence-corrected chi connectivity index (χ3v) is 1.22. The monoisotopic (exact) mass is 192 g/mol. The Bertz CT molecular complexity index is 278. The summed E-state index contributed by atoms with van der Waals surface area (Å²) in [5, 5.41) is 0. The number of hydrogen-bond acceptors (Lipinski definition) is 1. The van der Waals surface area contributed by atoms with E-state index in [1.807, 2.05) is 5.43 Å². The topological polar surface area (TPSA) is 34.0 Å². The number of alkyl halides is 3. The minimum atomic E-state index is -4.46. The number of nitrogens with zero attached hydrogens (tertiary/aromatic N) is 1. The molecule has 1 aromatic rings. The molecule has 1 rings (SSSR count). The van der Waals surface area contributed by atoms with Crippen LogP contribution in [0.25, 0.3) is 0 Å². The summed E-state index contributed by atoms with van der Waals surface area (Å²) in [6, 6.07) is 3.18. The lowest BCUT2D eigenvalue weighted by Gasteiger charge is -2.07. The van der Waals surface area contributed by atoms with E-state index >= 15 is 0 Å². The summed E-state index contributed by atoms with van der Waals surface area (Å²) in [6.07, 6.45) is -3.05. The van der Waals surface area contributed by atoms with E-state index < -0.39 is 18.5 Å². The number of hydrogen-bond donors (Lipinski definition) is 1. The number of nitrogens with one attached hydrogen (secondary N) is 1. The van der Waals surface area contributed by atoms with E-state index in [9.17, 15) is 18.0 Å². The molecule has 0 aromatic carbocycles. The fourth-order valence-electron chi connectivity index (χ4n) is 0.775. The molecular formula is C7H7F3N2O. The largest absolute Gasteiger partial charge is 0.397 e. The van der Waals surface area contributed by atoms with Gasteiger partial charge in [0, 0.05) is 12.4 Å². The summed E-state index contributed by atoms with van der Waals surface area (Å²) < 4.78 is 36.2. The van der Waals surface area contributed by atoms with Gasteiger partial charge in [0.05, 0.1) is 0 Å². The molecule has 0 saturated heterocycles. The van der Waals surface area contributed by atoms with E-state index in [1.165, 1.54) is 12.4 Å². The summed E-state index contributed by atoms with van der Waals surface area (Å²) in [6.45, 7) is 0. The second-order valence-electron chi connectivity index (χ2n) is 2.42. The van der Waals surface area contributed by atoms with Gasteiger partial charge in [0.25, 0.3) is 0 Å². The molecule has 0 unspecified atom stereocenters. The van der Waals surface area contributed by atoms with Gasteiger partial charge in [-0.3, -0.25) is 14.9 Å². The van der Waals surface area contributed by atoms with Gasteiger partial charge < -0.3 is 0 Å². The summed E-state index contributed by atoms with van der Waals surface area (Å²) in [5.41, 5.74) is 2.04. The second-order valence-corrected chi connectivity index (χ2v) is 2.42. The third kappa shape index (κ3) is 3.64. The maximum Gasteiger partial charge on any atom is 0.397 e. The molecule has 1 aromatic heterocycles. The number of carbonyl (C=O) groups is 1. The normalized spacial score (nSPS) is 11.3. The Labute approximate surface area is 72.1 Å². The van der Waals surface area contributed by atoms with Crippen molar-refractivity contribution in [3.05, 3.63) is 24.5 Å². The van der Waals surface area contributed by atoms with Gasteiger partial charge in [-0.15, -0.1) is 0 Å². The molecule has 6 heteroatoms. The zero-order valence-corrected chi connectivity index (χ0v) is 6.51. The molecule has 1 heterocycles. The summed E-state index contributed by atoms with van der Waals surface area (Å²) in [4.78, 5) is 10.7. The van der Waals surface area contributed by atoms with Gasteiger partial charge >= 0.3 is 6.18 Å². The predicted molar refractivity (Wildman–Crippen MR) is 39.5 cm³/mol. The molecule has 3 nitrogen and oxygen atoms in total. The van der Waals surface area contributed by atoms with E-state index in [4.69, 9.17) is 0 Å². The van der Waals surface area contributed by atoms with Crippen LogP contribution in [0.4, 0.5) is 13.2 Å². The maximum atomic E-state index is 11.7. The first-order chi connectivity index (χ1) is 5.97. The minimum Gasteiger partial charge on any atom is -0.273 e. The molecule has 72 valence electrons. The number of carbonyl (C=O) groups excluding carboxylic acids is 1. The highest BCUT2D eigenvalue weighted by atomic mass is 19.4. The van der Waals surface area contributed by atoms with Gasteiger partial charge in [0.15, 0.2) is 0 Å². The highest BCUT2D eigenvalue weighted by Crippen LogP contribution is 2.18. The first-order valence-corrected chi connectivity index (χ1v) is 3.47. The quantitative estimate of drug-likeness (QED) is 0.757.